The minimum absolute atomic E-state index is 0.746. The van der Waals surface area contributed by atoms with Crippen LogP contribution in [0.2, 0.25) is 5.02 Å². The smallest absolute Gasteiger partial charge is 0.194 e. The Morgan fingerprint density at radius 2 is 2.00 bits per heavy atom. The third-order valence-corrected chi connectivity index (χ3v) is 3.27. The van der Waals surface area contributed by atoms with Gasteiger partial charge in [0.1, 0.15) is 7.05 Å². The van der Waals surface area contributed by atoms with Crippen molar-refractivity contribution in [3.8, 4) is 0 Å². The number of hydrogen-bond acceptors (Lipinski definition) is 0. The molecule has 1 aromatic heterocycles. The van der Waals surface area contributed by atoms with Crippen LogP contribution in [-0.2, 0) is 7.05 Å². The third-order valence-electron chi connectivity index (χ3n) is 2.96. The van der Waals surface area contributed by atoms with Crippen LogP contribution in [0.3, 0.4) is 0 Å². The highest BCUT2D eigenvalue weighted by atomic mass is 35.5. The highest BCUT2D eigenvalue weighted by Crippen LogP contribution is 2.24. The molecule has 0 N–H and O–H groups in total. The van der Waals surface area contributed by atoms with E-state index in [1.807, 2.05) is 43.5 Å². The van der Waals surface area contributed by atoms with Gasteiger partial charge in [0.2, 0.25) is 11.2 Å². The number of nitrogens with zero attached hydrogens (tertiary/aromatic N) is 1. The molecule has 1 heterocycles. The van der Waals surface area contributed by atoms with E-state index in [2.05, 4.69) is 23.8 Å². The third kappa shape index (κ3) is 2.09. The lowest BCUT2D eigenvalue weighted by Gasteiger charge is -2.05. The van der Waals surface area contributed by atoms with E-state index in [9.17, 15) is 0 Å². The summed E-state index contributed by atoms with van der Waals surface area (Å²) < 4.78 is 2.11. The van der Waals surface area contributed by atoms with E-state index in [1.54, 1.807) is 6.08 Å². The van der Waals surface area contributed by atoms with Crippen LogP contribution in [0.1, 0.15) is 5.69 Å². The van der Waals surface area contributed by atoms with E-state index in [0.29, 0.717) is 0 Å². The first-order valence-electron chi connectivity index (χ1n) is 5.72. The average Bonchev–Trinajstić information content (AvgIpc) is 2.40. The second-order valence-corrected chi connectivity index (χ2v) is 4.42. The second-order valence-electron chi connectivity index (χ2n) is 4.02. The molecule has 0 radical (unpaired) electrons. The topological polar surface area (TPSA) is 3.88 Å². The molecule has 90 valence electrons. The molecule has 18 heavy (non-hydrogen) atoms. The van der Waals surface area contributed by atoms with Crippen molar-refractivity contribution in [1.82, 2.24) is 0 Å². The highest BCUT2D eigenvalue weighted by molar-refractivity contribution is 6.35. The number of fused-ring (bicyclic) bond motifs is 1. The maximum atomic E-state index is 6.33. The number of allylic oxidation sites excluding steroid dienone is 4. The first-order chi connectivity index (χ1) is 8.69. The first kappa shape index (κ1) is 12.6. The Kier molecular flexibility index (Phi) is 3.63. The quantitative estimate of drug-likeness (QED) is 0.576. The number of aryl methyl sites for hydroxylation is 1. The van der Waals surface area contributed by atoms with Gasteiger partial charge in [-0.15, -0.1) is 0 Å². The van der Waals surface area contributed by atoms with Crippen LogP contribution in [0.5, 0.6) is 0 Å². The van der Waals surface area contributed by atoms with E-state index in [1.165, 1.54) is 0 Å². The molecule has 2 aromatic rings. The molecule has 0 aliphatic heterocycles. The number of rotatable bonds is 3. The van der Waals surface area contributed by atoms with Gasteiger partial charge in [-0.1, -0.05) is 49.0 Å². The van der Waals surface area contributed by atoms with Crippen LogP contribution < -0.4 is 4.57 Å². The van der Waals surface area contributed by atoms with E-state index in [-0.39, 0.29) is 0 Å². The second kappa shape index (κ2) is 5.19. The largest absolute Gasteiger partial charge is 0.214 e. The molecule has 0 saturated heterocycles. The van der Waals surface area contributed by atoms with Crippen LogP contribution in [-0.4, -0.2) is 0 Å². The van der Waals surface area contributed by atoms with Gasteiger partial charge < -0.3 is 0 Å². The Morgan fingerprint density at radius 1 is 1.28 bits per heavy atom. The summed E-state index contributed by atoms with van der Waals surface area (Å²) in [6.07, 6.45) is 5.48. The van der Waals surface area contributed by atoms with Crippen molar-refractivity contribution in [2.75, 3.05) is 0 Å². The molecule has 1 aromatic carbocycles. The van der Waals surface area contributed by atoms with Crippen molar-refractivity contribution in [2.45, 2.75) is 0 Å². The molecule has 0 spiro atoms. The minimum atomic E-state index is 0.746. The van der Waals surface area contributed by atoms with Gasteiger partial charge in [-0.25, -0.2) is 0 Å². The number of benzene rings is 1. The van der Waals surface area contributed by atoms with Gasteiger partial charge in [0.15, 0.2) is 0 Å². The maximum absolute atomic E-state index is 6.33. The van der Waals surface area contributed by atoms with Crippen molar-refractivity contribution in [3.05, 3.63) is 72.4 Å². The molecule has 2 rings (SSSR count). The van der Waals surface area contributed by atoms with E-state index in [0.717, 1.165) is 27.2 Å². The zero-order valence-corrected chi connectivity index (χ0v) is 11.1. The average molecular weight is 257 g/mol. The Hall–Kier alpha value is -1.86. The van der Waals surface area contributed by atoms with Crippen molar-refractivity contribution in [1.29, 1.82) is 0 Å². The number of pyridine rings is 1. The summed E-state index contributed by atoms with van der Waals surface area (Å²) in [5, 5.41) is 1.79. The Morgan fingerprint density at radius 3 is 2.67 bits per heavy atom. The lowest BCUT2D eigenvalue weighted by Crippen LogP contribution is -2.34. The number of para-hydroxylation sites is 1. The molecule has 2 heteroatoms. The van der Waals surface area contributed by atoms with Crippen LogP contribution in [0, 0.1) is 0 Å². The van der Waals surface area contributed by atoms with Gasteiger partial charge in [-0.05, 0) is 12.1 Å². The molecule has 0 atom stereocenters. The van der Waals surface area contributed by atoms with Crippen LogP contribution >= 0.6 is 11.6 Å². The summed E-state index contributed by atoms with van der Waals surface area (Å²) in [7, 11) is 2.02. The van der Waals surface area contributed by atoms with Crippen molar-refractivity contribution in [3.63, 3.8) is 0 Å². The zero-order valence-electron chi connectivity index (χ0n) is 10.4. The van der Waals surface area contributed by atoms with Gasteiger partial charge in [-0.2, -0.15) is 4.57 Å². The van der Waals surface area contributed by atoms with Crippen LogP contribution in [0.15, 0.2) is 61.7 Å². The standard InChI is InChI=1S/C16H15ClN/c1-4-8-12(5-2)16-11-14(17)13-9-6-7-10-15(13)18(16)3/h4-11H,1-2H2,3H3/q+1/b12-8+. The number of hydrogen-bond donors (Lipinski definition) is 0. The molecular formula is C16H15ClN+. The fourth-order valence-electron chi connectivity index (χ4n) is 2.05. The molecule has 0 saturated carbocycles. The summed E-state index contributed by atoms with van der Waals surface area (Å²) in [6, 6.07) is 10.0. The van der Waals surface area contributed by atoms with Crippen LogP contribution in [0.4, 0.5) is 0 Å². The van der Waals surface area contributed by atoms with Crippen LogP contribution in [0.25, 0.3) is 16.5 Å². The molecular weight excluding hydrogens is 242 g/mol. The summed E-state index contributed by atoms with van der Waals surface area (Å²) in [6.45, 7) is 7.56. The van der Waals surface area contributed by atoms with Gasteiger partial charge in [0.25, 0.3) is 0 Å². The van der Waals surface area contributed by atoms with Gasteiger partial charge in [0.05, 0.1) is 10.4 Å². The Balaban J connectivity index is 2.81. The summed E-state index contributed by atoms with van der Waals surface area (Å²) in [5.41, 5.74) is 3.12. The maximum Gasteiger partial charge on any atom is 0.214 e. The van der Waals surface area contributed by atoms with Crippen molar-refractivity contribution < 1.29 is 4.57 Å². The Labute approximate surface area is 112 Å². The summed E-state index contributed by atoms with van der Waals surface area (Å²) in [5.74, 6) is 0. The summed E-state index contributed by atoms with van der Waals surface area (Å²) >= 11 is 6.33. The van der Waals surface area contributed by atoms with E-state index < -0.39 is 0 Å². The lowest BCUT2D eigenvalue weighted by molar-refractivity contribution is -0.647. The zero-order chi connectivity index (χ0) is 13.1. The normalized spacial score (nSPS) is 11.6. The molecule has 0 amide bonds. The molecule has 0 unspecified atom stereocenters. The van der Waals surface area contributed by atoms with Gasteiger partial charge in [0, 0.05) is 17.7 Å². The highest BCUT2D eigenvalue weighted by Gasteiger charge is 2.16. The predicted octanol–water partition coefficient (Wildman–Crippen LogP) is 4.07. The molecule has 0 bridgehead atoms. The Bertz CT molecular complexity index is 653. The van der Waals surface area contributed by atoms with E-state index >= 15 is 0 Å². The monoisotopic (exact) mass is 256 g/mol. The summed E-state index contributed by atoms with van der Waals surface area (Å²) in [4.78, 5) is 0. The van der Waals surface area contributed by atoms with Gasteiger partial charge >= 0.3 is 0 Å². The van der Waals surface area contributed by atoms with Crippen molar-refractivity contribution in [2.24, 2.45) is 7.05 Å². The number of halogens is 1. The lowest BCUT2D eigenvalue weighted by atomic mass is 10.1. The van der Waals surface area contributed by atoms with Gasteiger partial charge in [-0.3, -0.25) is 0 Å². The fourth-order valence-corrected chi connectivity index (χ4v) is 2.32. The first-order valence-corrected chi connectivity index (χ1v) is 6.09. The number of aromatic nitrogens is 1. The molecule has 0 aliphatic rings. The molecule has 0 aliphatic carbocycles. The molecule has 0 fully saturated rings. The van der Waals surface area contributed by atoms with Crippen molar-refractivity contribution >= 4 is 28.1 Å². The predicted molar refractivity (Wildman–Crippen MR) is 78.5 cm³/mol. The minimum Gasteiger partial charge on any atom is -0.194 e. The fraction of sp³-hybridized carbons (Fsp3) is 0.0625. The molecule has 1 nitrogen and oxygen atoms in total. The van der Waals surface area contributed by atoms with E-state index in [4.69, 9.17) is 11.6 Å². The SMILES string of the molecule is C=C/C=C(\C=C)c1cc(Cl)c2ccccc2[n+]1C.